The molecule has 0 aromatic heterocycles. The number of carbonyl (C=O) groups is 1. The second-order valence-corrected chi connectivity index (χ2v) is 8.61. The van der Waals surface area contributed by atoms with Crippen LogP contribution >= 0.6 is 15.9 Å². The lowest BCUT2D eigenvalue weighted by Gasteiger charge is -2.11. The van der Waals surface area contributed by atoms with Crippen molar-refractivity contribution in [1.29, 1.82) is 0 Å². The van der Waals surface area contributed by atoms with Gasteiger partial charge in [-0.2, -0.15) is 0 Å². The number of rotatable bonds is 6. The van der Waals surface area contributed by atoms with Gasteiger partial charge < -0.3 is 4.74 Å². The lowest BCUT2D eigenvalue weighted by atomic mass is 10.1. The number of aryl methyl sites for hydroxylation is 1. The summed E-state index contributed by atoms with van der Waals surface area (Å²) in [5.74, 6) is -0.545. The van der Waals surface area contributed by atoms with Crippen molar-refractivity contribution in [3.8, 4) is 0 Å². The number of ether oxygens (including phenoxy) is 1. The Labute approximate surface area is 155 Å². The maximum absolute atomic E-state index is 12.4. The maximum atomic E-state index is 12.4. The number of carbonyl (C=O) groups excluding carboxylic acids is 1. The predicted molar refractivity (Wildman–Crippen MR) is 97.8 cm³/mol. The summed E-state index contributed by atoms with van der Waals surface area (Å²) in [6.07, 6.45) is 1.71. The van der Waals surface area contributed by atoms with E-state index in [0.29, 0.717) is 5.56 Å². The first-order chi connectivity index (χ1) is 11.9. The van der Waals surface area contributed by atoms with Crippen LogP contribution in [-0.4, -0.2) is 20.4 Å². The molecule has 3 rings (SSSR count). The zero-order valence-corrected chi connectivity index (χ0v) is 16.1. The SMILES string of the molecule is Cc1ccc(S(=O)(=O)NC2CC2)cc1C(=O)OCc1ccccc1Br. The van der Waals surface area contributed by atoms with Gasteiger partial charge in [0.05, 0.1) is 10.5 Å². The molecule has 0 atom stereocenters. The van der Waals surface area contributed by atoms with Crippen molar-refractivity contribution in [3.63, 3.8) is 0 Å². The van der Waals surface area contributed by atoms with Crippen molar-refractivity contribution < 1.29 is 17.9 Å². The highest BCUT2D eigenvalue weighted by atomic mass is 79.9. The number of sulfonamides is 1. The molecule has 1 aliphatic rings. The van der Waals surface area contributed by atoms with Gasteiger partial charge in [0, 0.05) is 16.1 Å². The molecule has 7 heteroatoms. The molecule has 1 fully saturated rings. The highest BCUT2D eigenvalue weighted by Gasteiger charge is 2.28. The molecular weight excluding hydrogens is 406 g/mol. The fourth-order valence-corrected chi connectivity index (χ4v) is 4.04. The van der Waals surface area contributed by atoms with E-state index in [1.54, 1.807) is 13.0 Å². The number of benzene rings is 2. The van der Waals surface area contributed by atoms with Gasteiger partial charge in [-0.1, -0.05) is 40.2 Å². The highest BCUT2D eigenvalue weighted by Crippen LogP contribution is 2.24. The van der Waals surface area contributed by atoms with E-state index < -0.39 is 16.0 Å². The van der Waals surface area contributed by atoms with Crippen LogP contribution in [0.3, 0.4) is 0 Å². The van der Waals surface area contributed by atoms with E-state index in [-0.39, 0.29) is 23.1 Å². The Hall–Kier alpha value is -1.70. The Kier molecular flexibility index (Phi) is 5.27. The summed E-state index contributed by atoms with van der Waals surface area (Å²) in [7, 11) is -3.61. The van der Waals surface area contributed by atoms with Gasteiger partial charge in [-0.25, -0.2) is 17.9 Å². The van der Waals surface area contributed by atoms with Crippen LogP contribution in [0.5, 0.6) is 0 Å². The van der Waals surface area contributed by atoms with Gasteiger partial charge in [0.25, 0.3) is 0 Å². The molecule has 25 heavy (non-hydrogen) atoms. The average Bonchev–Trinajstić information content (AvgIpc) is 3.37. The standard InChI is InChI=1S/C18H18BrNO4S/c1-12-6-9-15(25(22,23)20-14-7-8-14)10-16(12)18(21)24-11-13-4-2-3-5-17(13)19/h2-6,9-10,14,20H,7-8,11H2,1H3. The number of esters is 1. The van der Waals surface area contributed by atoms with Gasteiger partial charge in [0.2, 0.25) is 10.0 Å². The second-order valence-electron chi connectivity index (χ2n) is 6.04. The van der Waals surface area contributed by atoms with Crippen molar-refractivity contribution in [2.24, 2.45) is 0 Å². The minimum Gasteiger partial charge on any atom is -0.457 e. The smallest absolute Gasteiger partial charge is 0.338 e. The summed E-state index contributed by atoms with van der Waals surface area (Å²) in [6, 6.07) is 12.0. The van der Waals surface area contributed by atoms with E-state index in [1.165, 1.54) is 12.1 Å². The number of hydrogen-bond donors (Lipinski definition) is 1. The topological polar surface area (TPSA) is 72.5 Å². The Morgan fingerprint density at radius 2 is 1.96 bits per heavy atom. The van der Waals surface area contributed by atoms with Crippen molar-refractivity contribution in [2.45, 2.75) is 37.3 Å². The van der Waals surface area contributed by atoms with Crippen LogP contribution in [0.1, 0.15) is 34.3 Å². The predicted octanol–water partition coefficient (Wildman–Crippen LogP) is 3.56. The lowest BCUT2D eigenvalue weighted by Crippen LogP contribution is -2.26. The van der Waals surface area contributed by atoms with Crippen molar-refractivity contribution in [1.82, 2.24) is 4.72 Å². The Balaban J connectivity index is 1.77. The molecule has 2 aromatic rings. The average molecular weight is 424 g/mol. The van der Waals surface area contributed by atoms with Crippen LogP contribution in [0.2, 0.25) is 0 Å². The molecule has 0 amide bonds. The third-order valence-electron chi connectivity index (χ3n) is 3.96. The first-order valence-electron chi connectivity index (χ1n) is 7.90. The fraction of sp³-hybridized carbons (Fsp3) is 0.278. The zero-order chi connectivity index (χ0) is 18.0. The quantitative estimate of drug-likeness (QED) is 0.720. The van der Waals surface area contributed by atoms with Gasteiger partial charge in [-0.3, -0.25) is 0 Å². The van der Waals surface area contributed by atoms with Crippen LogP contribution < -0.4 is 4.72 Å². The lowest BCUT2D eigenvalue weighted by molar-refractivity contribution is 0.0471. The Bertz CT molecular complexity index is 907. The largest absolute Gasteiger partial charge is 0.457 e. The van der Waals surface area contributed by atoms with Gasteiger partial charge in [0.15, 0.2) is 0 Å². The third kappa shape index (κ3) is 4.48. The molecule has 0 unspecified atom stereocenters. The summed E-state index contributed by atoms with van der Waals surface area (Å²) >= 11 is 3.40. The molecule has 0 spiro atoms. The minimum atomic E-state index is -3.61. The van der Waals surface area contributed by atoms with Crippen molar-refractivity contribution in [3.05, 3.63) is 63.6 Å². The molecule has 2 aromatic carbocycles. The van der Waals surface area contributed by atoms with E-state index in [9.17, 15) is 13.2 Å². The molecule has 132 valence electrons. The van der Waals surface area contributed by atoms with Gasteiger partial charge in [-0.05, 0) is 43.5 Å². The van der Waals surface area contributed by atoms with Crippen molar-refractivity contribution >= 4 is 31.9 Å². The molecular formula is C18H18BrNO4S. The summed E-state index contributed by atoms with van der Waals surface area (Å²) < 4.78 is 33.5. The summed E-state index contributed by atoms with van der Waals surface area (Å²) in [4.78, 5) is 12.5. The van der Waals surface area contributed by atoms with Crippen LogP contribution in [-0.2, 0) is 21.4 Å². The minimum absolute atomic E-state index is 0.0112. The zero-order valence-electron chi connectivity index (χ0n) is 13.7. The molecule has 0 radical (unpaired) electrons. The monoisotopic (exact) mass is 423 g/mol. The van der Waals surface area contributed by atoms with Crippen molar-refractivity contribution in [2.75, 3.05) is 0 Å². The summed E-state index contributed by atoms with van der Waals surface area (Å²) in [5, 5.41) is 0. The third-order valence-corrected chi connectivity index (χ3v) is 6.25. The molecule has 1 N–H and O–H groups in total. The van der Waals surface area contributed by atoms with E-state index in [0.717, 1.165) is 22.9 Å². The molecule has 1 aliphatic carbocycles. The maximum Gasteiger partial charge on any atom is 0.338 e. The molecule has 5 nitrogen and oxygen atoms in total. The van der Waals surface area contributed by atoms with E-state index in [1.807, 2.05) is 24.3 Å². The molecule has 0 bridgehead atoms. The van der Waals surface area contributed by atoms with Gasteiger partial charge in [-0.15, -0.1) is 0 Å². The van der Waals surface area contributed by atoms with Crippen LogP contribution in [0.15, 0.2) is 51.8 Å². The fourth-order valence-electron chi connectivity index (χ4n) is 2.31. The Morgan fingerprint density at radius 1 is 1.24 bits per heavy atom. The number of halogens is 1. The van der Waals surface area contributed by atoms with Gasteiger partial charge in [0.1, 0.15) is 6.61 Å². The number of nitrogens with one attached hydrogen (secondary N) is 1. The first kappa shape index (κ1) is 18.1. The van der Waals surface area contributed by atoms with Crippen LogP contribution in [0, 0.1) is 6.92 Å². The van der Waals surface area contributed by atoms with Crippen LogP contribution in [0.25, 0.3) is 0 Å². The van der Waals surface area contributed by atoms with E-state index >= 15 is 0 Å². The molecule has 0 saturated heterocycles. The molecule has 1 saturated carbocycles. The summed E-state index contributed by atoms with van der Waals surface area (Å²) in [5.41, 5.74) is 1.76. The Morgan fingerprint density at radius 3 is 2.64 bits per heavy atom. The van der Waals surface area contributed by atoms with Gasteiger partial charge >= 0.3 is 5.97 Å². The highest BCUT2D eigenvalue weighted by molar-refractivity contribution is 9.10. The molecule has 0 aliphatic heterocycles. The number of hydrogen-bond acceptors (Lipinski definition) is 4. The van der Waals surface area contributed by atoms with E-state index in [4.69, 9.17) is 4.74 Å². The second kappa shape index (κ2) is 7.27. The van der Waals surface area contributed by atoms with Crippen LogP contribution in [0.4, 0.5) is 0 Å². The van der Waals surface area contributed by atoms with E-state index in [2.05, 4.69) is 20.7 Å². The molecule has 0 heterocycles. The first-order valence-corrected chi connectivity index (χ1v) is 10.2. The normalized spacial score (nSPS) is 14.3. The summed E-state index contributed by atoms with van der Waals surface area (Å²) in [6.45, 7) is 1.86.